The summed E-state index contributed by atoms with van der Waals surface area (Å²) < 4.78 is 49.8. The van der Waals surface area contributed by atoms with Gasteiger partial charge in [-0.15, -0.1) is 0 Å². The number of ether oxygens (including phenoxy) is 1. The second-order valence-corrected chi connectivity index (χ2v) is 11.0. The Morgan fingerprint density at radius 1 is 0.837 bits per heavy atom. The maximum atomic E-state index is 14.0. The van der Waals surface area contributed by atoms with Gasteiger partial charge in [0.1, 0.15) is 11.5 Å². The van der Waals surface area contributed by atoms with E-state index in [9.17, 15) is 13.2 Å². The van der Waals surface area contributed by atoms with Gasteiger partial charge in [0.05, 0.1) is 29.0 Å². The number of nitrogens with zero attached hydrogens (tertiary/aromatic N) is 3. The Balaban J connectivity index is 1.43. The number of nitrogens with one attached hydrogen (secondary N) is 1. The van der Waals surface area contributed by atoms with E-state index >= 15 is 0 Å². The molecular weight excluding hydrogens is 569 g/mol. The van der Waals surface area contributed by atoms with Gasteiger partial charge < -0.3 is 19.5 Å². The van der Waals surface area contributed by atoms with Crippen LogP contribution in [0.1, 0.15) is 45.9 Å². The summed E-state index contributed by atoms with van der Waals surface area (Å²) in [6, 6.07) is 28.0. The van der Waals surface area contributed by atoms with E-state index in [0.29, 0.717) is 22.2 Å². The monoisotopic (exact) mass is 598 g/mol. The number of hydrogen-bond acceptors (Lipinski definition) is 3. The second-order valence-electron chi connectivity index (χ2n) is 10.6. The first-order valence-corrected chi connectivity index (χ1v) is 14.2. The Morgan fingerprint density at radius 3 is 2.14 bits per heavy atom. The zero-order valence-electron chi connectivity index (χ0n) is 23.8. The van der Waals surface area contributed by atoms with Crippen molar-refractivity contribution in [1.82, 2.24) is 14.9 Å². The number of aromatic nitrogens is 2. The van der Waals surface area contributed by atoms with Crippen LogP contribution in [0.2, 0.25) is 0 Å². The number of aryl methyl sites for hydroxylation is 2. The summed E-state index contributed by atoms with van der Waals surface area (Å²) in [5.74, 6) is 1.40. The fourth-order valence-corrected chi connectivity index (χ4v) is 6.08. The Hall–Kier alpha value is -4.63. The predicted molar refractivity (Wildman–Crippen MR) is 166 cm³/mol. The molecule has 218 valence electrons. The lowest BCUT2D eigenvalue weighted by atomic mass is 9.96. The van der Waals surface area contributed by atoms with E-state index < -0.39 is 11.7 Å². The van der Waals surface area contributed by atoms with Gasteiger partial charge in [-0.1, -0.05) is 35.9 Å². The fourth-order valence-electron chi connectivity index (χ4n) is 5.73. The van der Waals surface area contributed by atoms with Crippen LogP contribution >= 0.6 is 12.2 Å². The van der Waals surface area contributed by atoms with Crippen molar-refractivity contribution in [2.45, 2.75) is 39.0 Å². The minimum absolute atomic E-state index is 0.0864. The highest BCUT2D eigenvalue weighted by Gasteiger charge is 2.43. The van der Waals surface area contributed by atoms with Gasteiger partial charge in [-0.2, -0.15) is 13.2 Å². The predicted octanol–water partition coefficient (Wildman–Crippen LogP) is 8.79. The maximum Gasteiger partial charge on any atom is 0.418 e. The summed E-state index contributed by atoms with van der Waals surface area (Å²) in [6.07, 6.45) is -2.78. The lowest BCUT2D eigenvalue weighted by Gasteiger charge is -2.28. The fraction of sp³-hybridized carbons (Fsp3) is 0.176. The standard InChI is InChI=1S/C34H29F3N4OS/c1-21-11-15-25(16-12-21)42-26-17-13-24(14-18-26)41-32(31(39-33(41)43)29-9-6-7-19-38-29)27-20-22(2)40(23(27)3)30-10-5-4-8-28(30)34(35,36)37/h4-20,31-32H,1-3H3,(H,39,43)/t31-,32+/m0/s1. The van der Waals surface area contributed by atoms with E-state index in [4.69, 9.17) is 17.0 Å². The normalized spacial score (nSPS) is 16.8. The Morgan fingerprint density at radius 2 is 1.49 bits per heavy atom. The van der Waals surface area contributed by atoms with Crippen molar-refractivity contribution in [1.29, 1.82) is 0 Å². The van der Waals surface area contributed by atoms with Crippen LogP contribution in [0.5, 0.6) is 11.5 Å². The molecule has 9 heteroatoms. The molecule has 2 atom stereocenters. The summed E-state index contributed by atoms with van der Waals surface area (Å²) in [6.45, 7) is 5.69. The number of anilines is 1. The molecule has 0 saturated carbocycles. The number of para-hydroxylation sites is 1. The number of alkyl halides is 3. The van der Waals surface area contributed by atoms with Crippen molar-refractivity contribution < 1.29 is 17.9 Å². The summed E-state index contributed by atoms with van der Waals surface area (Å²) >= 11 is 5.87. The number of benzene rings is 3. The van der Waals surface area contributed by atoms with Gasteiger partial charge in [-0.05, 0) is 105 Å². The third-order valence-corrected chi connectivity index (χ3v) is 8.02. The molecular formula is C34H29F3N4OS. The number of halogens is 3. The van der Waals surface area contributed by atoms with Crippen molar-refractivity contribution in [3.63, 3.8) is 0 Å². The van der Waals surface area contributed by atoms with E-state index in [0.717, 1.165) is 34.3 Å². The van der Waals surface area contributed by atoms with E-state index in [-0.39, 0.29) is 17.8 Å². The van der Waals surface area contributed by atoms with Crippen LogP contribution in [-0.2, 0) is 6.18 Å². The molecule has 0 radical (unpaired) electrons. The highest BCUT2D eigenvalue weighted by Crippen LogP contribution is 2.45. The number of pyridine rings is 1. The van der Waals surface area contributed by atoms with Crippen LogP contribution in [0.25, 0.3) is 5.69 Å². The first-order valence-electron chi connectivity index (χ1n) is 13.8. The lowest BCUT2D eigenvalue weighted by molar-refractivity contribution is -0.137. The van der Waals surface area contributed by atoms with Crippen LogP contribution < -0.4 is 15.0 Å². The van der Waals surface area contributed by atoms with E-state index in [1.807, 2.05) is 98.5 Å². The summed E-state index contributed by atoms with van der Waals surface area (Å²) in [7, 11) is 0. The number of hydrogen-bond donors (Lipinski definition) is 1. The second kappa shape index (κ2) is 11.2. The molecule has 0 spiro atoms. The molecule has 1 aliphatic rings. The van der Waals surface area contributed by atoms with E-state index in [2.05, 4.69) is 10.3 Å². The number of thiocarbonyl (C=S) groups is 1. The quantitative estimate of drug-likeness (QED) is 0.198. The molecule has 6 rings (SSSR count). The average Bonchev–Trinajstić information content (AvgIpc) is 3.49. The molecule has 1 saturated heterocycles. The molecule has 0 unspecified atom stereocenters. The lowest BCUT2D eigenvalue weighted by Crippen LogP contribution is -2.29. The molecule has 1 aliphatic heterocycles. The molecule has 0 amide bonds. The van der Waals surface area contributed by atoms with Crippen LogP contribution in [0.15, 0.2) is 103 Å². The van der Waals surface area contributed by atoms with Crippen molar-refractivity contribution in [2.24, 2.45) is 0 Å². The van der Waals surface area contributed by atoms with Gasteiger partial charge >= 0.3 is 6.18 Å². The smallest absolute Gasteiger partial charge is 0.418 e. The largest absolute Gasteiger partial charge is 0.457 e. The highest BCUT2D eigenvalue weighted by molar-refractivity contribution is 7.80. The van der Waals surface area contributed by atoms with Crippen LogP contribution in [0, 0.1) is 20.8 Å². The van der Waals surface area contributed by atoms with Gasteiger partial charge in [-0.3, -0.25) is 4.98 Å². The summed E-state index contributed by atoms with van der Waals surface area (Å²) in [4.78, 5) is 6.61. The zero-order chi connectivity index (χ0) is 30.3. The third kappa shape index (κ3) is 5.48. The SMILES string of the molecule is Cc1ccc(Oc2ccc(N3C(=S)N[C@@H](c4ccccn4)[C@H]3c3cc(C)n(-c4ccccc4C(F)(F)F)c3C)cc2)cc1. The van der Waals surface area contributed by atoms with Gasteiger partial charge in [0.25, 0.3) is 0 Å². The minimum Gasteiger partial charge on any atom is -0.457 e. The van der Waals surface area contributed by atoms with Gasteiger partial charge in [0.15, 0.2) is 5.11 Å². The van der Waals surface area contributed by atoms with E-state index in [1.165, 1.54) is 12.1 Å². The molecule has 0 bridgehead atoms. The average molecular weight is 599 g/mol. The van der Waals surface area contributed by atoms with Gasteiger partial charge in [0.2, 0.25) is 0 Å². The molecule has 3 aromatic carbocycles. The topological polar surface area (TPSA) is 42.3 Å². The Labute approximate surface area is 253 Å². The van der Waals surface area contributed by atoms with Crippen molar-refractivity contribution in [3.8, 4) is 17.2 Å². The molecule has 5 aromatic rings. The van der Waals surface area contributed by atoms with Crippen molar-refractivity contribution >= 4 is 23.0 Å². The summed E-state index contributed by atoms with van der Waals surface area (Å²) in [5.41, 5.74) is 4.35. The van der Waals surface area contributed by atoms with Crippen molar-refractivity contribution in [2.75, 3.05) is 4.90 Å². The first kappa shape index (κ1) is 28.5. The molecule has 43 heavy (non-hydrogen) atoms. The molecule has 2 aromatic heterocycles. The molecule has 0 aliphatic carbocycles. The van der Waals surface area contributed by atoms with Crippen LogP contribution in [0.4, 0.5) is 18.9 Å². The molecule has 1 fully saturated rings. The number of rotatable bonds is 6. The van der Waals surface area contributed by atoms with Crippen molar-refractivity contribution in [3.05, 3.63) is 137 Å². The minimum atomic E-state index is -4.50. The molecule has 3 heterocycles. The van der Waals surface area contributed by atoms with Gasteiger partial charge in [0, 0.05) is 23.3 Å². The van der Waals surface area contributed by atoms with Crippen LogP contribution in [0.3, 0.4) is 0 Å². The van der Waals surface area contributed by atoms with E-state index in [1.54, 1.807) is 16.8 Å². The third-order valence-electron chi connectivity index (χ3n) is 7.71. The Bertz CT molecular complexity index is 1770. The summed E-state index contributed by atoms with van der Waals surface area (Å²) in [5, 5.41) is 3.93. The first-order chi connectivity index (χ1) is 20.6. The molecule has 5 nitrogen and oxygen atoms in total. The maximum absolute atomic E-state index is 14.0. The zero-order valence-corrected chi connectivity index (χ0v) is 24.6. The highest BCUT2D eigenvalue weighted by atomic mass is 32.1. The molecule has 1 N–H and O–H groups in total. The van der Waals surface area contributed by atoms with Gasteiger partial charge in [-0.25, -0.2) is 0 Å². The van der Waals surface area contributed by atoms with Crippen LogP contribution in [-0.4, -0.2) is 14.7 Å². The Kier molecular flexibility index (Phi) is 7.43.